The van der Waals surface area contributed by atoms with E-state index in [9.17, 15) is 9.59 Å². The van der Waals surface area contributed by atoms with Gasteiger partial charge in [-0.05, 0) is 55.2 Å². The highest BCUT2D eigenvalue weighted by molar-refractivity contribution is 7.99. The number of hydrogen-bond acceptors (Lipinski definition) is 3. The number of nitrogens with one attached hydrogen (secondary N) is 1. The van der Waals surface area contributed by atoms with Crippen molar-refractivity contribution >= 4 is 29.3 Å². The lowest BCUT2D eigenvalue weighted by molar-refractivity contribution is -0.113. The summed E-state index contributed by atoms with van der Waals surface area (Å²) in [4.78, 5) is 26.2. The second-order valence-electron chi connectivity index (χ2n) is 6.99. The third kappa shape index (κ3) is 6.41. The number of carbonyl (C=O) groups excluding carboxylic acids is 2. The maximum absolute atomic E-state index is 12.3. The highest BCUT2D eigenvalue weighted by Gasteiger charge is 2.12. The Bertz CT molecular complexity index is 766. The van der Waals surface area contributed by atoms with Crippen LogP contribution in [0.1, 0.15) is 55.1 Å². The van der Waals surface area contributed by atoms with Gasteiger partial charge in [0.05, 0.1) is 5.75 Å². The van der Waals surface area contributed by atoms with Gasteiger partial charge in [-0.2, -0.15) is 0 Å². The Morgan fingerprint density at radius 3 is 2.11 bits per heavy atom. The van der Waals surface area contributed by atoms with E-state index in [0.29, 0.717) is 36.0 Å². The number of amides is 2. The summed E-state index contributed by atoms with van der Waals surface area (Å²) in [6, 6.07) is 15.7. The van der Waals surface area contributed by atoms with Crippen LogP contribution in [-0.2, 0) is 10.5 Å². The molecule has 4 nitrogen and oxygen atoms in total. The van der Waals surface area contributed by atoms with E-state index in [2.05, 4.69) is 43.4 Å². The lowest BCUT2D eigenvalue weighted by Crippen LogP contribution is -2.30. The Morgan fingerprint density at radius 2 is 1.57 bits per heavy atom. The fourth-order valence-corrected chi connectivity index (χ4v) is 3.63. The summed E-state index contributed by atoms with van der Waals surface area (Å²) >= 11 is 1.59. The average molecular weight is 399 g/mol. The summed E-state index contributed by atoms with van der Waals surface area (Å²) in [6.45, 7) is 9.66. The van der Waals surface area contributed by atoms with Crippen LogP contribution in [0, 0.1) is 0 Å². The van der Waals surface area contributed by atoms with E-state index < -0.39 is 0 Å². The standard InChI is InChI=1S/C23H30N2O2S/c1-5-25(6-2)23(27)20-11-13-21(14-12-20)24-22(26)16-28-15-18-7-9-19(10-8-18)17(3)4/h7-14,17H,5-6,15-16H2,1-4H3,(H,24,26). The molecule has 2 aromatic rings. The van der Waals surface area contributed by atoms with Crippen molar-refractivity contribution < 1.29 is 9.59 Å². The number of hydrogen-bond donors (Lipinski definition) is 1. The number of benzene rings is 2. The Labute approximate surface area is 172 Å². The first kappa shape index (κ1) is 22.0. The van der Waals surface area contributed by atoms with Crippen molar-refractivity contribution in [2.45, 2.75) is 39.4 Å². The molecule has 1 N–H and O–H groups in total. The molecule has 2 amide bonds. The first-order chi connectivity index (χ1) is 13.4. The van der Waals surface area contributed by atoms with E-state index in [1.54, 1.807) is 40.9 Å². The van der Waals surface area contributed by atoms with Gasteiger partial charge in [0.15, 0.2) is 0 Å². The highest BCUT2D eigenvalue weighted by atomic mass is 32.2. The van der Waals surface area contributed by atoms with Crippen molar-refractivity contribution in [1.29, 1.82) is 0 Å². The molecule has 2 aromatic carbocycles. The van der Waals surface area contributed by atoms with Crippen LogP contribution in [-0.4, -0.2) is 35.6 Å². The van der Waals surface area contributed by atoms with Crippen LogP contribution < -0.4 is 5.32 Å². The van der Waals surface area contributed by atoms with Crippen LogP contribution in [0.2, 0.25) is 0 Å². The van der Waals surface area contributed by atoms with E-state index >= 15 is 0 Å². The van der Waals surface area contributed by atoms with E-state index in [1.807, 2.05) is 13.8 Å². The van der Waals surface area contributed by atoms with Gasteiger partial charge in [0.2, 0.25) is 5.91 Å². The van der Waals surface area contributed by atoms with Crippen LogP contribution in [0.15, 0.2) is 48.5 Å². The lowest BCUT2D eigenvalue weighted by Gasteiger charge is -2.18. The normalized spacial score (nSPS) is 10.8. The summed E-state index contributed by atoms with van der Waals surface area (Å²) in [7, 11) is 0. The molecule has 0 bridgehead atoms. The molecule has 0 aromatic heterocycles. The smallest absolute Gasteiger partial charge is 0.253 e. The number of nitrogens with zero attached hydrogens (tertiary/aromatic N) is 1. The van der Waals surface area contributed by atoms with E-state index in [1.165, 1.54) is 11.1 Å². The topological polar surface area (TPSA) is 49.4 Å². The second kappa shape index (κ2) is 10.9. The van der Waals surface area contributed by atoms with Gasteiger partial charge in [-0.3, -0.25) is 9.59 Å². The Hall–Kier alpha value is -2.27. The van der Waals surface area contributed by atoms with Gasteiger partial charge in [0.1, 0.15) is 0 Å². The maximum Gasteiger partial charge on any atom is 0.253 e. The van der Waals surface area contributed by atoms with Crippen LogP contribution in [0.4, 0.5) is 5.69 Å². The Balaban J connectivity index is 1.80. The molecule has 0 aliphatic rings. The van der Waals surface area contributed by atoms with E-state index in [4.69, 9.17) is 0 Å². The maximum atomic E-state index is 12.3. The minimum atomic E-state index is -0.0355. The quantitative estimate of drug-likeness (QED) is 0.634. The molecule has 0 aliphatic heterocycles. The Kier molecular flexibility index (Phi) is 8.58. The highest BCUT2D eigenvalue weighted by Crippen LogP contribution is 2.18. The molecule has 0 heterocycles. The third-order valence-electron chi connectivity index (χ3n) is 4.61. The van der Waals surface area contributed by atoms with Crippen molar-refractivity contribution in [3.63, 3.8) is 0 Å². The molecule has 0 atom stereocenters. The van der Waals surface area contributed by atoms with Crippen molar-refractivity contribution in [2.75, 3.05) is 24.2 Å². The number of anilines is 1. The molecule has 150 valence electrons. The van der Waals surface area contributed by atoms with Gasteiger partial charge in [0, 0.05) is 30.1 Å². The predicted molar refractivity (Wildman–Crippen MR) is 119 cm³/mol. The number of thioether (sulfide) groups is 1. The van der Waals surface area contributed by atoms with Crippen LogP contribution in [0.3, 0.4) is 0 Å². The predicted octanol–water partition coefficient (Wildman–Crippen LogP) is 5.16. The van der Waals surface area contributed by atoms with Crippen molar-refractivity contribution in [1.82, 2.24) is 4.90 Å². The Morgan fingerprint density at radius 1 is 0.964 bits per heavy atom. The van der Waals surface area contributed by atoms with Gasteiger partial charge in [-0.15, -0.1) is 11.8 Å². The molecule has 0 saturated heterocycles. The lowest BCUT2D eigenvalue weighted by atomic mass is 10.0. The second-order valence-corrected chi connectivity index (χ2v) is 7.98. The monoisotopic (exact) mass is 398 g/mol. The zero-order chi connectivity index (χ0) is 20.5. The molecule has 0 aliphatic carbocycles. The molecule has 0 saturated carbocycles. The van der Waals surface area contributed by atoms with Gasteiger partial charge >= 0.3 is 0 Å². The summed E-state index contributed by atoms with van der Waals surface area (Å²) in [5.41, 5.74) is 3.90. The van der Waals surface area contributed by atoms with Gasteiger partial charge in [-0.1, -0.05) is 38.1 Å². The van der Waals surface area contributed by atoms with Gasteiger partial charge in [0.25, 0.3) is 5.91 Å². The van der Waals surface area contributed by atoms with E-state index in [0.717, 1.165) is 5.75 Å². The molecule has 0 unspecified atom stereocenters. The summed E-state index contributed by atoms with van der Waals surface area (Å²) in [5, 5.41) is 2.89. The first-order valence-corrected chi connectivity index (χ1v) is 11.0. The number of rotatable bonds is 9. The zero-order valence-corrected chi connectivity index (χ0v) is 18.0. The molecule has 5 heteroatoms. The molecule has 0 radical (unpaired) electrons. The van der Waals surface area contributed by atoms with Crippen LogP contribution in [0.5, 0.6) is 0 Å². The van der Waals surface area contributed by atoms with Crippen molar-refractivity contribution in [2.24, 2.45) is 0 Å². The fraction of sp³-hybridized carbons (Fsp3) is 0.391. The van der Waals surface area contributed by atoms with Crippen LogP contribution >= 0.6 is 11.8 Å². The molecular weight excluding hydrogens is 368 g/mol. The third-order valence-corrected chi connectivity index (χ3v) is 5.62. The minimum absolute atomic E-state index is 0.0157. The molecule has 28 heavy (non-hydrogen) atoms. The average Bonchev–Trinajstić information content (AvgIpc) is 2.69. The zero-order valence-electron chi connectivity index (χ0n) is 17.2. The SMILES string of the molecule is CCN(CC)C(=O)c1ccc(NC(=O)CSCc2ccc(C(C)C)cc2)cc1. The number of carbonyl (C=O) groups is 2. The van der Waals surface area contributed by atoms with E-state index in [-0.39, 0.29) is 11.8 Å². The van der Waals surface area contributed by atoms with Crippen LogP contribution in [0.25, 0.3) is 0 Å². The molecule has 2 rings (SSSR count). The fourth-order valence-electron chi connectivity index (χ4n) is 2.85. The van der Waals surface area contributed by atoms with Crippen molar-refractivity contribution in [3.05, 3.63) is 65.2 Å². The van der Waals surface area contributed by atoms with Gasteiger partial charge in [-0.25, -0.2) is 0 Å². The first-order valence-electron chi connectivity index (χ1n) is 9.80. The molecule has 0 spiro atoms. The minimum Gasteiger partial charge on any atom is -0.339 e. The van der Waals surface area contributed by atoms with Gasteiger partial charge < -0.3 is 10.2 Å². The largest absolute Gasteiger partial charge is 0.339 e. The summed E-state index contributed by atoms with van der Waals surface area (Å²) in [5.74, 6) is 1.71. The molecular formula is C23H30N2O2S. The summed E-state index contributed by atoms with van der Waals surface area (Å²) in [6.07, 6.45) is 0. The van der Waals surface area contributed by atoms with Crippen molar-refractivity contribution in [3.8, 4) is 0 Å². The summed E-state index contributed by atoms with van der Waals surface area (Å²) < 4.78 is 0. The molecule has 0 fully saturated rings.